The zero-order valence-corrected chi connectivity index (χ0v) is 19.4. The van der Waals surface area contributed by atoms with Gasteiger partial charge in [-0.2, -0.15) is 5.26 Å². The monoisotopic (exact) mass is 467 g/mol. The van der Waals surface area contributed by atoms with Crippen molar-refractivity contribution in [1.82, 2.24) is 9.13 Å². The first-order valence-corrected chi connectivity index (χ1v) is 11.9. The van der Waals surface area contributed by atoms with E-state index in [4.69, 9.17) is 11.6 Å². The number of nitriles is 1. The molecule has 164 valence electrons. The van der Waals surface area contributed by atoms with Crippen molar-refractivity contribution in [2.24, 2.45) is 0 Å². The highest BCUT2D eigenvalue weighted by molar-refractivity contribution is 6.32. The van der Waals surface area contributed by atoms with Gasteiger partial charge in [-0.1, -0.05) is 78.3 Å². The lowest BCUT2D eigenvalue weighted by Crippen LogP contribution is -1.98. The summed E-state index contributed by atoms with van der Waals surface area (Å²) in [5, 5.41) is 15.1. The number of rotatable bonds is 2. The zero-order chi connectivity index (χ0) is 23.5. The topological polar surface area (TPSA) is 33.6 Å². The van der Waals surface area contributed by atoms with E-state index in [9.17, 15) is 5.26 Å². The van der Waals surface area contributed by atoms with Crippen LogP contribution in [-0.2, 0) is 0 Å². The number of aromatic nitrogens is 2. The maximum atomic E-state index is 10.0. The van der Waals surface area contributed by atoms with Gasteiger partial charge in [-0.05, 0) is 42.5 Å². The first kappa shape index (κ1) is 19.9. The molecule has 2 aromatic heterocycles. The van der Waals surface area contributed by atoms with E-state index >= 15 is 0 Å². The lowest BCUT2D eigenvalue weighted by molar-refractivity contribution is 1.17. The largest absolute Gasteiger partial charge is 0.309 e. The SMILES string of the molecule is N#Cc1c(Cl)cccc1-n1c2ccccc2c2ccc3c(c4ccccc4n3-c3ccccc3)c21. The third-order valence-corrected chi connectivity index (χ3v) is 7.14. The molecule has 7 rings (SSSR count). The molecule has 4 heteroatoms. The molecule has 0 atom stereocenters. The molecular formula is C31H18ClN3. The molecule has 0 aliphatic carbocycles. The summed E-state index contributed by atoms with van der Waals surface area (Å²) < 4.78 is 4.52. The summed E-state index contributed by atoms with van der Waals surface area (Å²) in [6.45, 7) is 0. The molecule has 2 heterocycles. The minimum absolute atomic E-state index is 0.454. The average Bonchev–Trinajstić information content (AvgIpc) is 3.42. The van der Waals surface area contributed by atoms with Crippen molar-refractivity contribution in [3.05, 3.63) is 120 Å². The Bertz CT molecular complexity index is 1970. The van der Waals surface area contributed by atoms with E-state index in [0.717, 1.165) is 49.6 Å². The van der Waals surface area contributed by atoms with Gasteiger partial charge in [0.25, 0.3) is 0 Å². The summed E-state index contributed by atoms with van der Waals surface area (Å²) in [5.41, 5.74) is 6.76. The molecular weight excluding hydrogens is 450 g/mol. The van der Waals surface area contributed by atoms with Crippen LogP contribution in [0.1, 0.15) is 5.56 Å². The molecule has 0 fully saturated rings. The van der Waals surface area contributed by atoms with Gasteiger partial charge in [0.2, 0.25) is 0 Å². The predicted molar refractivity (Wildman–Crippen MR) is 145 cm³/mol. The molecule has 0 spiro atoms. The van der Waals surface area contributed by atoms with E-state index in [1.165, 1.54) is 5.39 Å². The summed E-state index contributed by atoms with van der Waals surface area (Å²) in [4.78, 5) is 0. The first-order valence-electron chi connectivity index (χ1n) is 11.5. The number of nitrogens with zero attached hydrogens (tertiary/aromatic N) is 3. The number of halogens is 1. The summed E-state index contributed by atoms with van der Waals surface area (Å²) in [6.07, 6.45) is 0. The molecule has 0 saturated carbocycles. The Morgan fingerprint density at radius 3 is 2.03 bits per heavy atom. The molecule has 0 saturated heterocycles. The van der Waals surface area contributed by atoms with Crippen molar-refractivity contribution in [3.8, 4) is 17.4 Å². The summed E-state index contributed by atoms with van der Waals surface area (Å²) >= 11 is 6.51. The number of fused-ring (bicyclic) bond motifs is 7. The van der Waals surface area contributed by atoms with Gasteiger partial charge < -0.3 is 9.13 Å². The number of hydrogen-bond acceptors (Lipinski definition) is 1. The summed E-state index contributed by atoms with van der Waals surface area (Å²) in [7, 11) is 0. The first-order chi connectivity index (χ1) is 17.3. The Hall–Kier alpha value is -4.52. The second-order valence-electron chi connectivity index (χ2n) is 8.64. The fourth-order valence-corrected chi connectivity index (χ4v) is 5.64. The van der Waals surface area contributed by atoms with E-state index in [1.54, 1.807) is 6.07 Å². The summed E-state index contributed by atoms with van der Waals surface area (Å²) in [5.74, 6) is 0. The van der Waals surface area contributed by atoms with Crippen molar-refractivity contribution in [3.63, 3.8) is 0 Å². The Morgan fingerprint density at radius 2 is 1.26 bits per heavy atom. The molecule has 0 bridgehead atoms. The second kappa shape index (κ2) is 7.50. The van der Waals surface area contributed by atoms with Gasteiger partial charge in [0, 0.05) is 27.2 Å². The van der Waals surface area contributed by atoms with Gasteiger partial charge in [-0.25, -0.2) is 0 Å². The van der Waals surface area contributed by atoms with Crippen molar-refractivity contribution < 1.29 is 0 Å². The normalized spacial score (nSPS) is 11.5. The molecule has 35 heavy (non-hydrogen) atoms. The van der Waals surface area contributed by atoms with Crippen LogP contribution in [0.25, 0.3) is 55.0 Å². The van der Waals surface area contributed by atoms with Crippen LogP contribution >= 0.6 is 11.6 Å². The molecule has 0 aliphatic rings. The van der Waals surface area contributed by atoms with Crippen LogP contribution in [0, 0.1) is 11.3 Å². The predicted octanol–water partition coefficient (Wildman–Crippen LogP) is 8.41. The lowest BCUT2D eigenvalue weighted by atomic mass is 10.1. The van der Waals surface area contributed by atoms with Crippen molar-refractivity contribution >= 4 is 55.2 Å². The van der Waals surface area contributed by atoms with Gasteiger partial charge >= 0.3 is 0 Å². The zero-order valence-electron chi connectivity index (χ0n) is 18.6. The highest BCUT2D eigenvalue weighted by Crippen LogP contribution is 2.42. The Kier molecular flexibility index (Phi) is 4.26. The van der Waals surface area contributed by atoms with Gasteiger partial charge in [-0.3, -0.25) is 0 Å². The van der Waals surface area contributed by atoms with Crippen LogP contribution in [-0.4, -0.2) is 9.13 Å². The average molecular weight is 468 g/mol. The Morgan fingerprint density at radius 1 is 0.571 bits per heavy atom. The van der Waals surface area contributed by atoms with Crippen molar-refractivity contribution in [1.29, 1.82) is 5.26 Å². The molecule has 5 aromatic carbocycles. The van der Waals surface area contributed by atoms with Crippen LogP contribution in [0.4, 0.5) is 0 Å². The van der Waals surface area contributed by atoms with Gasteiger partial charge in [0.05, 0.1) is 38.3 Å². The van der Waals surface area contributed by atoms with Crippen LogP contribution in [0.2, 0.25) is 5.02 Å². The van der Waals surface area contributed by atoms with E-state index in [-0.39, 0.29) is 0 Å². The van der Waals surface area contributed by atoms with Gasteiger partial charge in [0.15, 0.2) is 0 Å². The van der Waals surface area contributed by atoms with Crippen molar-refractivity contribution in [2.45, 2.75) is 0 Å². The highest BCUT2D eigenvalue weighted by atomic mass is 35.5. The van der Waals surface area contributed by atoms with Crippen molar-refractivity contribution in [2.75, 3.05) is 0 Å². The maximum absolute atomic E-state index is 10.0. The van der Waals surface area contributed by atoms with Gasteiger partial charge in [-0.15, -0.1) is 0 Å². The summed E-state index contributed by atoms with van der Waals surface area (Å²) in [6, 6.07) is 39.7. The van der Waals surface area contributed by atoms with Crippen LogP contribution in [0.3, 0.4) is 0 Å². The minimum atomic E-state index is 0.454. The lowest BCUT2D eigenvalue weighted by Gasteiger charge is -2.12. The van der Waals surface area contributed by atoms with Crippen LogP contribution in [0.15, 0.2) is 109 Å². The maximum Gasteiger partial charge on any atom is 0.103 e. The van der Waals surface area contributed by atoms with Gasteiger partial charge in [0.1, 0.15) is 6.07 Å². The molecule has 3 nitrogen and oxygen atoms in total. The third kappa shape index (κ3) is 2.72. The van der Waals surface area contributed by atoms with E-state index < -0.39 is 0 Å². The Balaban J connectivity index is 1.78. The fourth-order valence-electron chi connectivity index (χ4n) is 5.42. The molecule has 0 aliphatic heterocycles. The van der Waals surface area contributed by atoms with E-state index in [1.807, 2.05) is 24.3 Å². The quantitative estimate of drug-likeness (QED) is 0.251. The smallest absolute Gasteiger partial charge is 0.103 e. The standard InChI is InChI=1S/C31H18ClN3/c32-25-13-8-16-28(24(25)19-33)35-26-14-6-4-11-21(26)22-17-18-29-30(31(22)35)23-12-5-7-15-27(23)34(29)20-9-2-1-3-10-20/h1-18H. The number of hydrogen-bond donors (Lipinski definition) is 0. The van der Waals surface area contributed by atoms with E-state index in [2.05, 4.69) is 94.1 Å². The van der Waals surface area contributed by atoms with Crippen LogP contribution in [0.5, 0.6) is 0 Å². The van der Waals surface area contributed by atoms with Crippen LogP contribution < -0.4 is 0 Å². The van der Waals surface area contributed by atoms with E-state index in [0.29, 0.717) is 10.6 Å². The third-order valence-electron chi connectivity index (χ3n) is 6.83. The minimum Gasteiger partial charge on any atom is -0.309 e. The molecule has 7 aromatic rings. The fraction of sp³-hybridized carbons (Fsp3) is 0. The molecule has 0 amide bonds. The molecule has 0 unspecified atom stereocenters. The second-order valence-corrected chi connectivity index (χ2v) is 9.05. The molecule has 0 radical (unpaired) electrons. The highest BCUT2D eigenvalue weighted by Gasteiger charge is 2.22. The Labute approximate surface area is 206 Å². The molecule has 0 N–H and O–H groups in total. The number of benzene rings is 5. The number of para-hydroxylation sites is 3.